The fourth-order valence-corrected chi connectivity index (χ4v) is 6.00. The maximum atomic E-state index is 12.2. The Morgan fingerprint density at radius 2 is 1.80 bits per heavy atom. The summed E-state index contributed by atoms with van der Waals surface area (Å²) in [5.41, 5.74) is 4.48. The van der Waals surface area contributed by atoms with Gasteiger partial charge in [0.25, 0.3) is 21.2 Å². The van der Waals surface area contributed by atoms with Crippen molar-refractivity contribution in [3.8, 4) is 0 Å². The molecule has 2 aliphatic rings. The van der Waals surface area contributed by atoms with E-state index in [9.17, 15) is 48.9 Å². The van der Waals surface area contributed by atoms with Crippen molar-refractivity contribution in [1.29, 1.82) is 0 Å². The van der Waals surface area contributed by atoms with Gasteiger partial charge in [0, 0.05) is 13.0 Å². The van der Waals surface area contributed by atoms with Crippen LogP contribution in [0.2, 0.25) is 0 Å². The van der Waals surface area contributed by atoms with E-state index in [-0.39, 0.29) is 17.1 Å². The van der Waals surface area contributed by atoms with Crippen LogP contribution in [0.4, 0.5) is 5.95 Å². The first-order valence-corrected chi connectivity index (χ1v) is 14.1. The molecule has 21 nitrogen and oxygen atoms in total. The number of nitrogen functional groups attached to an aromatic ring is 1. The van der Waals surface area contributed by atoms with E-state index in [1.54, 1.807) is 0 Å². The van der Waals surface area contributed by atoms with Crippen LogP contribution in [0.5, 0.6) is 0 Å². The predicted octanol–water partition coefficient (Wildman–Crippen LogP) is -5.29. The summed E-state index contributed by atoms with van der Waals surface area (Å²) in [6.45, 7) is -1.71. The number of hydrogen-bond donors (Lipinski definition) is 7. The fraction of sp³-hybridized carbons (Fsp3) is 0.647. The Labute approximate surface area is 221 Å². The quantitative estimate of drug-likeness (QED) is 0.123. The van der Waals surface area contributed by atoms with E-state index in [0.29, 0.717) is 0 Å². The lowest BCUT2D eigenvalue weighted by Gasteiger charge is -2.39. The Morgan fingerprint density at radius 1 is 1.10 bits per heavy atom. The number of rotatable bonds is 10. The van der Waals surface area contributed by atoms with Crippen molar-refractivity contribution in [1.82, 2.24) is 19.5 Å². The number of nitrogens with two attached hydrogens (primary N) is 1. The summed E-state index contributed by atoms with van der Waals surface area (Å²) in [4.78, 5) is 58.0. The van der Waals surface area contributed by atoms with Gasteiger partial charge >= 0.3 is 0 Å². The number of nitrogens with one attached hydrogen (secondary N) is 1. The summed E-state index contributed by atoms with van der Waals surface area (Å²) in [6.07, 6.45) is -14.3. The standard InChI is InChI=1S/C17H25N5O16P2/c18-17-20-13-7(14(29)21-17)19-4-22(13)15-11(27)9(25)6(35-15)3-34-39(30,31)38-40(32,33)37-16-12(28)10(26)8(24)5(36-16)1-2-23/h4-6,9-12,15-16,23,25-28H,1-3H2,(H,30,31)(H,32,33)(H3,18,20,21,29)/p-2/t5-,6+,9+,10-,11+,12-,15+,16+/m0/s1. The van der Waals surface area contributed by atoms with Gasteiger partial charge in [-0.15, -0.1) is 0 Å². The van der Waals surface area contributed by atoms with Crippen LogP contribution < -0.4 is 21.1 Å². The normalized spacial score (nSPS) is 34.1. The van der Waals surface area contributed by atoms with Crippen molar-refractivity contribution in [3.63, 3.8) is 0 Å². The van der Waals surface area contributed by atoms with E-state index in [0.717, 1.165) is 10.9 Å². The maximum absolute atomic E-state index is 12.2. The molecule has 4 heterocycles. The van der Waals surface area contributed by atoms with Crippen molar-refractivity contribution in [2.24, 2.45) is 0 Å². The van der Waals surface area contributed by atoms with Crippen LogP contribution in [-0.4, -0.2) is 107 Å². The van der Waals surface area contributed by atoms with Gasteiger partial charge in [-0.05, 0) is 0 Å². The highest BCUT2D eigenvalue weighted by molar-refractivity contribution is 7.59. The minimum Gasteiger partial charge on any atom is -0.756 e. The third-order valence-electron chi connectivity index (χ3n) is 5.79. The number of aromatic nitrogens is 4. The van der Waals surface area contributed by atoms with Gasteiger partial charge in [-0.3, -0.25) is 32.8 Å². The third-order valence-corrected chi connectivity index (χ3v) is 8.32. The number of phosphoric acid groups is 2. The van der Waals surface area contributed by atoms with Crippen LogP contribution in [0.15, 0.2) is 11.1 Å². The second-order valence-corrected chi connectivity index (χ2v) is 11.5. The van der Waals surface area contributed by atoms with Crippen molar-refractivity contribution in [3.05, 3.63) is 16.7 Å². The molecule has 2 saturated heterocycles. The molecule has 224 valence electrons. The Kier molecular flexibility index (Phi) is 8.91. The van der Waals surface area contributed by atoms with Crippen LogP contribution in [-0.2, 0) is 36.8 Å². The molecule has 2 aliphatic heterocycles. The van der Waals surface area contributed by atoms with E-state index in [2.05, 4.69) is 28.3 Å². The number of hydrogen-bond acceptors (Lipinski definition) is 19. The zero-order valence-electron chi connectivity index (χ0n) is 19.9. The summed E-state index contributed by atoms with van der Waals surface area (Å²) < 4.78 is 48.4. The monoisotopic (exact) mass is 615 g/mol. The van der Waals surface area contributed by atoms with E-state index in [4.69, 9.17) is 20.3 Å². The highest BCUT2D eigenvalue weighted by atomic mass is 31.3. The molecule has 0 saturated carbocycles. The number of aliphatic hydroxyl groups is 5. The average Bonchev–Trinajstić information content (AvgIpc) is 3.39. The number of phosphoric ester groups is 2. The van der Waals surface area contributed by atoms with Crippen LogP contribution in [0.3, 0.4) is 0 Å². The van der Waals surface area contributed by atoms with Gasteiger partial charge in [-0.1, -0.05) is 0 Å². The number of anilines is 1. The van der Waals surface area contributed by atoms with Crippen LogP contribution in [0.25, 0.3) is 11.2 Å². The zero-order chi connectivity index (χ0) is 29.6. The minimum absolute atomic E-state index is 0.137. The number of ketones is 1. The molecule has 0 amide bonds. The summed E-state index contributed by atoms with van der Waals surface area (Å²) >= 11 is 0. The van der Waals surface area contributed by atoms with Gasteiger partial charge in [0.05, 0.1) is 12.9 Å². The third kappa shape index (κ3) is 6.32. The first-order chi connectivity index (χ1) is 18.6. The second-order valence-electron chi connectivity index (χ2n) is 8.54. The average molecular weight is 615 g/mol. The van der Waals surface area contributed by atoms with Crippen molar-refractivity contribution in [2.75, 3.05) is 18.9 Å². The second kappa shape index (κ2) is 11.6. The number of ether oxygens (including phenoxy) is 2. The summed E-state index contributed by atoms with van der Waals surface area (Å²) in [7, 11) is -11.7. The summed E-state index contributed by atoms with van der Waals surface area (Å²) in [5.74, 6) is -1.37. The molecule has 0 aliphatic carbocycles. The molecule has 0 bridgehead atoms. The molecule has 10 atom stereocenters. The van der Waals surface area contributed by atoms with E-state index >= 15 is 0 Å². The maximum Gasteiger partial charge on any atom is 0.280 e. The Balaban J connectivity index is 1.39. The molecule has 0 spiro atoms. The Bertz CT molecular complexity index is 1400. The van der Waals surface area contributed by atoms with Crippen molar-refractivity contribution >= 4 is 38.5 Å². The number of Topliss-reactive ketones (excluding diaryl/α,β-unsaturated/α-hetero) is 1. The van der Waals surface area contributed by atoms with Gasteiger partial charge in [0.1, 0.15) is 36.6 Å². The molecule has 23 heteroatoms. The molecule has 2 fully saturated rings. The molecule has 2 aromatic rings. The van der Waals surface area contributed by atoms with Gasteiger partial charge < -0.3 is 55.1 Å². The highest BCUT2D eigenvalue weighted by Crippen LogP contribution is 2.57. The van der Waals surface area contributed by atoms with Gasteiger partial charge in [-0.2, -0.15) is 4.98 Å². The largest absolute Gasteiger partial charge is 0.756 e. The lowest BCUT2D eigenvalue weighted by molar-refractivity contribution is -0.278. The lowest BCUT2D eigenvalue weighted by atomic mass is 9.99. The molecular weight excluding hydrogens is 592 g/mol. The molecule has 40 heavy (non-hydrogen) atoms. The Hall–Kier alpha value is -2.20. The zero-order valence-corrected chi connectivity index (χ0v) is 21.6. The van der Waals surface area contributed by atoms with E-state index in [1.165, 1.54) is 0 Å². The molecule has 2 unspecified atom stereocenters. The van der Waals surface area contributed by atoms with Crippen molar-refractivity contribution in [2.45, 2.75) is 55.6 Å². The number of carbonyl (C=O) groups is 1. The first-order valence-electron chi connectivity index (χ1n) is 11.2. The molecule has 4 rings (SSSR count). The van der Waals surface area contributed by atoms with E-state index < -0.39 is 95.8 Å². The SMILES string of the molecule is Nc1nc2c(ncn2[C@@H]2O[C@H](COP(=O)([O-])OP(=O)([O-])O[C@H]3O[C@@H](CCO)C(=O)[C@H](O)[C@@H]3O)[C@@H](O)[C@H]2O)c(=O)[nH]1. The molecule has 0 radical (unpaired) electrons. The number of aromatic amines is 1. The molecule has 0 aromatic carbocycles. The summed E-state index contributed by atoms with van der Waals surface area (Å²) in [6, 6.07) is 0. The highest BCUT2D eigenvalue weighted by Gasteiger charge is 2.47. The molecule has 2 aromatic heterocycles. The van der Waals surface area contributed by atoms with Gasteiger partial charge in [0.15, 0.2) is 29.5 Å². The predicted molar refractivity (Wildman–Crippen MR) is 119 cm³/mol. The topological polar surface area (TPSA) is 334 Å². The smallest absolute Gasteiger partial charge is 0.280 e. The van der Waals surface area contributed by atoms with Crippen LogP contribution in [0, 0.1) is 0 Å². The van der Waals surface area contributed by atoms with Gasteiger partial charge in [0.2, 0.25) is 5.95 Å². The summed E-state index contributed by atoms with van der Waals surface area (Å²) in [5, 5.41) is 49.3. The van der Waals surface area contributed by atoms with E-state index in [1.807, 2.05) is 0 Å². The fourth-order valence-electron chi connectivity index (χ4n) is 3.92. The van der Waals surface area contributed by atoms with Crippen LogP contribution in [0.1, 0.15) is 12.6 Å². The number of H-pyrrole nitrogens is 1. The Morgan fingerprint density at radius 3 is 2.48 bits per heavy atom. The number of aliphatic hydroxyl groups excluding tert-OH is 5. The molecule has 8 N–H and O–H groups in total. The van der Waals surface area contributed by atoms with Crippen molar-refractivity contribution < 1.29 is 72.1 Å². The number of fused-ring (bicyclic) bond motifs is 1. The van der Waals surface area contributed by atoms with Gasteiger partial charge in [-0.25, -0.2) is 9.29 Å². The molecular formula is C17H23N5O16P2-2. The van der Waals surface area contributed by atoms with Crippen LogP contribution >= 0.6 is 15.6 Å². The lowest BCUT2D eigenvalue weighted by Crippen LogP contribution is -2.56. The number of nitrogens with zero attached hydrogens (tertiary/aromatic N) is 3. The first kappa shape index (κ1) is 30.8. The minimum atomic E-state index is -5.93. The number of imidazole rings is 1. The number of carbonyl (C=O) groups excluding carboxylic acids is 1.